The van der Waals surface area contributed by atoms with Crippen molar-refractivity contribution in [1.29, 1.82) is 0 Å². The summed E-state index contributed by atoms with van der Waals surface area (Å²) in [4.78, 5) is 11.9. The molecule has 0 bridgehead atoms. The van der Waals surface area contributed by atoms with E-state index >= 15 is 0 Å². The number of nitrogens with one attached hydrogen (secondary N) is 1. The summed E-state index contributed by atoms with van der Waals surface area (Å²) in [5.74, 6) is 0.526. The first-order valence-corrected chi connectivity index (χ1v) is 6.33. The molecule has 1 aliphatic rings. The normalized spacial score (nSPS) is 24.4. The van der Waals surface area contributed by atoms with Crippen LogP contribution in [0.15, 0.2) is 12.1 Å². The van der Waals surface area contributed by atoms with Gasteiger partial charge in [-0.05, 0) is 30.9 Å². The van der Waals surface area contributed by atoms with Gasteiger partial charge in [0.15, 0.2) is 10.8 Å². The minimum Gasteiger partial charge on any atom is -0.348 e. The minimum atomic E-state index is -0.159. The molecular formula is C12H16ClN3O. The fraction of sp³-hybridized carbons (Fsp3) is 0.583. The lowest BCUT2D eigenvalue weighted by Gasteiger charge is -2.27. The number of amides is 1. The van der Waals surface area contributed by atoms with Crippen LogP contribution in [0.5, 0.6) is 0 Å². The molecule has 92 valence electrons. The van der Waals surface area contributed by atoms with Gasteiger partial charge in [0.1, 0.15) is 0 Å². The summed E-state index contributed by atoms with van der Waals surface area (Å²) in [5.41, 5.74) is 0.327. The van der Waals surface area contributed by atoms with Crippen LogP contribution >= 0.6 is 11.6 Å². The third-order valence-corrected chi connectivity index (χ3v) is 3.34. The number of hydrogen-bond donors (Lipinski definition) is 1. The largest absolute Gasteiger partial charge is 0.348 e. The first kappa shape index (κ1) is 12.3. The second-order valence-electron chi connectivity index (χ2n) is 4.68. The Hall–Kier alpha value is -1.16. The maximum absolute atomic E-state index is 11.9. The fourth-order valence-corrected chi connectivity index (χ4v) is 2.36. The lowest BCUT2D eigenvalue weighted by Crippen LogP contribution is -2.38. The van der Waals surface area contributed by atoms with Crippen molar-refractivity contribution in [2.45, 2.75) is 38.6 Å². The van der Waals surface area contributed by atoms with Crippen molar-refractivity contribution in [2.75, 3.05) is 0 Å². The Bertz CT molecular complexity index is 393. The highest BCUT2D eigenvalue weighted by Crippen LogP contribution is 2.23. The van der Waals surface area contributed by atoms with Crippen LogP contribution < -0.4 is 5.32 Å². The van der Waals surface area contributed by atoms with E-state index in [0.717, 1.165) is 12.8 Å². The molecule has 1 amide bonds. The van der Waals surface area contributed by atoms with Crippen LogP contribution in [0.25, 0.3) is 0 Å². The fourth-order valence-electron chi connectivity index (χ4n) is 2.26. The second kappa shape index (κ2) is 5.45. The molecule has 1 fully saturated rings. The van der Waals surface area contributed by atoms with Crippen molar-refractivity contribution < 1.29 is 4.79 Å². The molecule has 2 rings (SSSR count). The highest BCUT2D eigenvalue weighted by atomic mass is 35.5. The number of halogens is 1. The van der Waals surface area contributed by atoms with Crippen molar-refractivity contribution in [1.82, 2.24) is 15.5 Å². The number of nitrogens with zero attached hydrogens (tertiary/aromatic N) is 2. The third kappa shape index (κ3) is 3.40. The van der Waals surface area contributed by atoms with Crippen LogP contribution in [-0.2, 0) is 0 Å². The Morgan fingerprint density at radius 2 is 2.24 bits per heavy atom. The summed E-state index contributed by atoms with van der Waals surface area (Å²) in [6.07, 6.45) is 4.54. The quantitative estimate of drug-likeness (QED) is 0.881. The van der Waals surface area contributed by atoms with Crippen molar-refractivity contribution in [3.8, 4) is 0 Å². The van der Waals surface area contributed by atoms with Gasteiger partial charge in [0.25, 0.3) is 5.91 Å². The average Bonchev–Trinajstić information content (AvgIpc) is 2.29. The molecule has 0 saturated heterocycles. The molecule has 1 aromatic rings. The van der Waals surface area contributed by atoms with Crippen LogP contribution in [0.2, 0.25) is 5.15 Å². The van der Waals surface area contributed by atoms with Gasteiger partial charge in [0.2, 0.25) is 0 Å². The lowest BCUT2D eigenvalue weighted by atomic mass is 9.87. The van der Waals surface area contributed by atoms with Crippen molar-refractivity contribution in [3.63, 3.8) is 0 Å². The van der Waals surface area contributed by atoms with E-state index in [1.54, 1.807) is 12.1 Å². The second-order valence-corrected chi connectivity index (χ2v) is 5.07. The number of aromatic nitrogens is 2. The van der Waals surface area contributed by atoms with Gasteiger partial charge in [-0.2, -0.15) is 0 Å². The summed E-state index contributed by atoms with van der Waals surface area (Å²) in [6.45, 7) is 2.22. The van der Waals surface area contributed by atoms with E-state index in [0.29, 0.717) is 16.8 Å². The Kier molecular flexibility index (Phi) is 3.94. The molecule has 17 heavy (non-hydrogen) atoms. The predicted molar refractivity (Wildman–Crippen MR) is 65.9 cm³/mol. The first-order chi connectivity index (χ1) is 8.15. The molecule has 1 saturated carbocycles. The Labute approximate surface area is 106 Å². The van der Waals surface area contributed by atoms with Crippen LogP contribution in [0.1, 0.15) is 43.1 Å². The Morgan fingerprint density at radius 1 is 1.41 bits per heavy atom. The summed E-state index contributed by atoms with van der Waals surface area (Å²) < 4.78 is 0. The molecule has 4 nitrogen and oxygen atoms in total. The van der Waals surface area contributed by atoms with E-state index in [2.05, 4.69) is 22.4 Å². The van der Waals surface area contributed by atoms with E-state index in [4.69, 9.17) is 11.6 Å². The highest BCUT2D eigenvalue weighted by Gasteiger charge is 2.21. The molecule has 0 aromatic carbocycles. The monoisotopic (exact) mass is 253 g/mol. The standard InChI is InChI=1S/C12H16ClN3O/c1-8-3-2-4-9(7-8)14-12(17)10-5-6-11(13)16-15-10/h5-6,8-9H,2-4,7H2,1H3,(H,14,17). The summed E-state index contributed by atoms with van der Waals surface area (Å²) >= 11 is 5.62. The van der Waals surface area contributed by atoms with Gasteiger partial charge in [0.05, 0.1) is 0 Å². The molecule has 1 N–H and O–H groups in total. The Balaban J connectivity index is 1.94. The summed E-state index contributed by atoms with van der Waals surface area (Å²) in [6, 6.07) is 3.44. The molecule has 2 unspecified atom stereocenters. The van der Waals surface area contributed by atoms with Gasteiger partial charge in [-0.3, -0.25) is 4.79 Å². The van der Waals surface area contributed by atoms with Crippen LogP contribution in [0.3, 0.4) is 0 Å². The van der Waals surface area contributed by atoms with Gasteiger partial charge in [-0.15, -0.1) is 10.2 Å². The molecule has 0 aliphatic heterocycles. The maximum Gasteiger partial charge on any atom is 0.272 e. The summed E-state index contributed by atoms with van der Waals surface area (Å²) in [7, 11) is 0. The zero-order valence-electron chi connectivity index (χ0n) is 9.82. The van der Waals surface area contributed by atoms with Crippen molar-refractivity contribution in [2.24, 2.45) is 5.92 Å². The van der Waals surface area contributed by atoms with E-state index in [1.165, 1.54) is 12.8 Å². The summed E-state index contributed by atoms with van der Waals surface area (Å²) in [5, 5.41) is 10.7. The number of rotatable bonds is 2. The molecule has 1 heterocycles. The third-order valence-electron chi connectivity index (χ3n) is 3.14. The molecule has 0 spiro atoms. The average molecular weight is 254 g/mol. The molecule has 1 aromatic heterocycles. The van der Waals surface area contributed by atoms with Gasteiger partial charge >= 0.3 is 0 Å². The van der Waals surface area contributed by atoms with Crippen molar-refractivity contribution in [3.05, 3.63) is 23.0 Å². The van der Waals surface area contributed by atoms with E-state index < -0.39 is 0 Å². The Morgan fingerprint density at radius 3 is 2.88 bits per heavy atom. The smallest absolute Gasteiger partial charge is 0.272 e. The molecule has 1 aliphatic carbocycles. The number of carbonyl (C=O) groups is 1. The van der Waals surface area contributed by atoms with Gasteiger partial charge < -0.3 is 5.32 Å². The predicted octanol–water partition coefficient (Wildman–Crippen LogP) is 2.44. The first-order valence-electron chi connectivity index (χ1n) is 5.95. The number of hydrogen-bond acceptors (Lipinski definition) is 3. The number of carbonyl (C=O) groups excluding carboxylic acids is 1. The van der Waals surface area contributed by atoms with E-state index in [9.17, 15) is 4.79 Å². The van der Waals surface area contributed by atoms with Crippen molar-refractivity contribution >= 4 is 17.5 Å². The zero-order valence-corrected chi connectivity index (χ0v) is 10.6. The SMILES string of the molecule is CC1CCCC(NC(=O)c2ccc(Cl)nn2)C1. The van der Waals surface area contributed by atoms with Crippen LogP contribution in [0, 0.1) is 5.92 Å². The van der Waals surface area contributed by atoms with Gasteiger partial charge in [-0.25, -0.2) is 0 Å². The molecule has 2 atom stereocenters. The molecular weight excluding hydrogens is 238 g/mol. The van der Waals surface area contributed by atoms with Crippen LogP contribution in [-0.4, -0.2) is 22.1 Å². The zero-order chi connectivity index (χ0) is 12.3. The van der Waals surface area contributed by atoms with Crippen LogP contribution in [0.4, 0.5) is 0 Å². The molecule has 5 heteroatoms. The minimum absolute atomic E-state index is 0.159. The topological polar surface area (TPSA) is 54.9 Å². The molecule has 0 radical (unpaired) electrons. The van der Waals surface area contributed by atoms with Gasteiger partial charge in [-0.1, -0.05) is 31.4 Å². The van der Waals surface area contributed by atoms with E-state index in [-0.39, 0.29) is 11.9 Å². The highest BCUT2D eigenvalue weighted by molar-refractivity contribution is 6.29. The maximum atomic E-state index is 11.9. The lowest BCUT2D eigenvalue weighted by molar-refractivity contribution is 0.0915. The van der Waals surface area contributed by atoms with Gasteiger partial charge in [0, 0.05) is 6.04 Å². The van der Waals surface area contributed by atoms with E-state index in [1.807, 2.05) is 0 Å².